The van der Waals surface area contributed by atoms with Gasteiger partial charge in [0.15, 0.2) is 5.16 Å². The fourth-order valence-electron chi connectivity index (χ4n) is 2.36. The normalized spacial score (nSPS) is 11.3. The van der Waals surface area contributed by atoms with E-state index in [0.29, 0.717) is 17.3 Å². The van der Waals surface area contributed by atoms with E-state index < -0.39 is 6.36 Å². The molecule has 2 rings (SSSR count). The number of alkyl halides is 3. The molecule has 1 amide bonds. The number of hydrogen-bond acceptors (Lipinski definition) is 5. The monoisotopic (exact) mass is 385 g/mol. The highest BCUT2D eigenvalue weighted by atomic mass is 32.2. The van der Waals surface area contributed by atoms with Crippen molar-refractivity contribution in [3.8, 4) is 5.75 Å². The van der Waals surface area contributed by atoms with Gasteiger partial charge in [0.2, 0.25) is 5.91 Å². The van der Waals surface area contributed by atoms with Gasteiger partial charge in [0, 0.05) is 23.5 Å². The Labute approximate surface area is 153 Å². The van der Waals surface area contributed by atoms with Gasteiger partial charge in [-0.15, -0.1) is 13.2 Å². The van der Waals surface area contributed by atoms with Crippen LogP contribution < -0.4 is 10.1 Å². The van der Waals surface area contributed by atoms with Gasteiger partial charge in [-0.3, -0.25) is 4.79 Å². The van der Waals surface area contributed by atoms with E-state index in [1.165, 1.54) is 23.9 Å². The van der Waals surface area contributed by atoms with Gasteiger partial charge in [-0.2, -0.15) is 0 Å². The van der Waals surface area contributed by atoms with Crippen molar-refractivity contribution in [2.75, 3.05) is 11.6 Å². The largest absolute Gasteiger partial charge is 0.573 e. The molecule has 9 heteroatoms. The van der Waals surface area contributed by atoms with Crippen LogP contribution in [0.15, 0.2) is 29.4 Å². The Kier molecular flexibility index (Phi) is 6.47. The van der Waals surface area contributed by atoms with E-state index in [2.05, 4.69) is 20.0 Å². The van der Waals surface area contributed by atoms with Gasteiger partial charge in [-0.25, -0.2) is 9.97 Å². The van der Waals surface area contributed by atoms with Crippen molar-refractivity contribution in [3.05, 3.63) is 41.2 Å². The maximum atomic E-state index is 12.1. The summed E-state index contributed by atoms with van der Waals surface area (Å²) >= 11 is 1.45. The number of carbonyl (C=O) groups excluding carboxylic acids is 1. The Hall–Kier alpha value is -2.29. The Morgan fingerprint density at radius 2 is 1.73 bits per heavy atom. The maximum Gasteiger partial charge on any atom is 0.573 e. The minimum atomic E-state index is -4.74. The van der Waals surface area contributed by atoms with Crippen LogP contribution in [0.5, 0.6) is 5.75 Å². The summed E-state index contributed by atoms with van der Waals surface area (Å²) in [7, 11) is 0. The van der Waals surface area contributed by atoms with Gasteiger partial charge < -0.3 is 10.1 Å². The summed E-state index contributed by atoms with van der Waals surface area (Å²) < 4.78 is 40.2. The number of thioether (sulfide) groups is 1. The first-order chi connectivity index (χ1) is 12.2. The van der Waals surface area contributed by atoms with Crippen molar-refractivity contribution in [1.82, 2.24) is 9.97 Å². The van der Waals surface area contributed by atoms with Crippen LogP contribution in [0.3, 0.4) is 0 Å². The summed E-state index contributed by atoms with van der Waals surface area (Å²) in [6.07, 6.45) is -2.15. The lowest BCUT2D eigenvalue weighted by Gasteiger charge is -2.11. The third-order valence-corrected chi connectivity index (χ3v) is 4.10. The van der Waals surface area contributed by atoms with Gasteiger partial charge >= 0.3 is 6.36 Å². The van der Waals surface area contributed by atoms with E-state index >= 15 is 0 Å². The van der Waals surface area contributed by atoms with Gasteiger partial charge in [0.1, 0.15) is 5.75 Å². The molecule has 140 valence electrons. The lowest BCUT2D eigenvalue weighted by atomic mass is 10.1. The first kappa shape index (κ1) is 20.0. The van der Waals surface area contributed by atoms with Gasteiger partial charge in [0.05, 0.1) is 0 Å². The van der Waals surface area contributed by atoms with Gasteiger partial charge in [0.25, 0.3) is 0 Å². The number of aryl methyl sites for hydroxylation is 2. The van der Waals surface area contributed by atoms with E-state index in [4.69, 9.17) is 0 Å². The molecule has 26 heavy (non-hydrogen) atoms. The number of amides is 1. The number of hydrogen-bond donors (Lipinski definition) is 1. The number of nitrogens with zero attached hydrogens (tertiary/aromatic N) is 2. The van der Waals surface area contributed by atoms with Crippen LogP contribution >= 0.6 is 11.8 Å². The van der Waals surface area contributed by atoms with E-state index in [-0.39, 0.29) is 18.1 Å². The number of rotatable bonds is 6. The highest BCUT2D eigenvalue weighted by Crippen LogP contribution is 2.24. The topological polar surface area (TPSA) is 64.1 Å². The van der Waals surface area contributed by atoms with Crippen molar-refractivity contribution in [2.24, 2.45) is 0 Å². The molecule has 2 aromatic rings. The van der Waals surface area contributed by atoms with Crippen LogP contribution in [0.4, 0.5) is 18.9 Å². The molecule has 1 aromatic heterocycles. The minimum Gasteiger partial charge on any atom is -0.406 e. The van der Waals surface area contributed by atoms with Crippen molar-refractivity contribution in [1.29, 1.82) is 0 Å². The fraction of sp³-hybridized carbons (Fsp3) is 0.353. The third kappa shape index (κ3) is 5.91. The highest BCUT2D eigenvalue weighted by Gasteiger charge is 2.30. The molecule has 0 bridgehead atoms. The summed E-state index contributed by atoms with van der Waals surface area (Å²) in [5, 5.41) is 3.33. The predicted molar refractivity (Wildman–Crippen MR) is 93.4 cm³/mol. The second-order valence-electron chi connectivity index (χ2n) is 5.48. The van der Waals surface area contributed by atoms with Crippen molar-refractivity contribution in [2.45, 2.75) is 38.2 Å². The number of anilines is 1. The van der Waals surface area contributed by atoms with E-state index in [1.807, 2.05) is 20.1 Å². The Bertz CT molecular complexity index is 757. The zero-order valence-electron chi connectivity index (χ0n) is 14.5. The van der Waals surface area contributed by atoms with Crippen LogP contribution in [-0.4, -0.2) is 28.5 Å². The number of halogens is 3. The van der Waals surface area contributed by atoms with Crippen LogP contribution in [0.1, 0.15) is 23.4 Å². The molecule has 1 N–H and O–H groups in total. The Morgan fingerprint density at radius 1 is 1.15 bits per heavy atom. The average molecular weight is 385 g/mol. The van der Waals surface area contributed by atoms with Crippen LogP contribution in [0.25, 0.3) is 0 Å². The zero-order valence-corrected chi connectivity index (χ0v) is 15.3. The smallest absolute Gasteiger partial charge is 0.406 e. The first-order valence-corrected chi connectivity index (χ1v) is 8.94. The molecule has 1 aromatic carbocycles. The lowest BCUT2D eigenvalue weighted by Crippen LogP contribution is -2.17. The predicted octanol–water partition coefficient (Wildman–Crippen LogP) is 4.29. The maximum absolute atomic E-state index is 12.1. The van der Waals surface area contributed by atoms with Gasteiger partial charge in [-0.1, -0.05) is 11.8 Å². The molecule has 0 saturated carbocycles. The molecule has 0 aliphatic rings. The van der Waals surface area contributed by atoms with Crippen LogP contribution in [0.2, 0.25) is 0 Å². The third-order valence-electron chi connectivity index (χ3n) is 3.56. The highest BCUT2D eigenvalue weighted by molar-refractivity contribution is 7.98. The zero-order chi connectivity index (χ0) is 19.3. The van der Waals surface area contributed by atoms with Gasteiger partial charge in [-0.05, 0) is 56.4 Å². The average Bonchev–Trinajstić information content (AvgIpc) is 2.54. The van der Waals surface area contributed by atoms with Crippen molar-refractivity contribution < 1.29 is 22.7 Å². The molecule has 1 heterocycles. The number of carbonyl (C=O) groups is 1. The molecule has 0 spiro atoms. The number of ether oxygens (including phenoxy) is 1. The quantitative estimate of drug-likeness (QED) is 0.594. The van der Waals surface area contributed by atoms with E-state index in [1.54, 1.807) is 0 Å². The molecule has 0 fully saturated rings. The molecule has 0 radical (unpaired) electrons. The molecule has 0 unspecified atom stereocenters. The second-order valence-corrected chi connectivity index (χ2v) is 6.25. The summed E-state index contributed by atoms with van der Waals surface area (Å²) in [6.45, 7) is 3.75. The molecule has 5 nitrogen and oxygen atoms in total. The first-order valence-electron chi connectivity index (χ1n) is 7.71. The minimum absolute atomic E-state index is 0.213. The number of benzene rings is 1. The molecule has 0 atom stereocenters. The van der Waals surface area contributed by atoms with E-state index in [9.17, 15) is 18.0 Å². The Morgan fingerprint density at radius 3 is 2.23 bits per heavy atom. The molecule has 0 aliphatic heterocycles. The number of aromatic nitrogens is 2. The molecular weight excluding hydrogens is 367 g/mol. The molecule has 0 aliphatic carbocycles. The number of nitrogens with one attached hydrogen (secondary N) is 1. The Balaban J connectivity index is 1.93. The van der Waals surface area contributed by atoms with Crippen molar-refractivity contribution in [3.63, 3.8) is 0 Å². The van der Waals surface area contributed by atoms with Crippen LogP contribution in [0, 0.1) is 13.8 Å². The standard InChI is InChI=1S/C17H18F3N3O2S/c1-10-14(11(2)22-16(21-10)26-3)8-9-15(24)23-12-4-6-13(7-5-12)25-17(18,19)20/h4-7H,8-9H2,1-3H3,(H,23,24). The molecule has 0 saturated heterocycles. The summed E-state index contributed by atoms with van der Waals surface area (Å²) in [5.74, 6) is -0.588. The summed E-state index contributed by atoms with van der Waals surface area (Å²) in [6, 6.07) is 5.00. The summed E-state index contributed by atoms with van der Waals surface area (Å²) in [5.41, 5.74) is 2.99. The van der Waals surface area contributed by atoms with E-state index in [0.717, 1.165) is 29.1 Å². The fourth-order valence-corrected chi connectivity index (χ4v) is 2.82. The molecular formula is C17H18F3N3O2S. The van der Waals surface area contributed by atoms with Crippen LogP contribution in [-0.2, 0) is 11.2 Å². The van der Waals surface area contributed by atoms with Crippen molar-refractivity contribution >= 4 is 23.4 Å². The summed E-state index contributed by atoms with van der Waals surface area (Å²) in [4.78, 5) is 20.8. The SMILES string of the molecule is CSc1nc(C)c(CCC(=O)Nc2ccc(OC(F)(F)F)cc2)c(C)n1. The second kappa shape index (κ2) is 8.39. The lowest BCUT2D eigenvalue weighted by molar-refractivity contribution is -0.274.